The number of nitrogens with zero attached hydrogens (tertiary/aromatic N) is 2. The van der Waals surface area contributed by atoms with Crippen LogP contribution in [0, 0.1) is 5.82 Å². The molecule has 0 spiro atoms. The summed E-state index contributed by atoms with van der Waals surface area (Å²) in [6.07, 6.45) is 2.53. The molecule has 0 saturated heterocycles. The van der Waals surface area contributed by atoms with E-state index in [2.05, 4.69) is 4.98 Å². The van der Waals surface area contributed by atoms with Crippen molar-refractivity contribution in [1.82, 2.24) is 9.88 Å². The molecule has 3 aromatic rings. The molecule has 0 radical (unpaired) electrons. The number of carbonyl (C=O) groups excluding carboxylic acids is 2. The number of fused-ring (bicyclic) bond motifs is 1. The summed E-state index contributed by atoms with van der Waals surface area (Å²) in [5, 5.41) is 0.263. The molecule has 1 heterocycles. The van der Waals surface area contributed by atoms with Gasteiger partial charge in [0.15, 0.2) is 0 Å². The number of ether oxygens (including phenoxy) is 1. The molecule has 0 aliphatic heterocycles. The van der Waals surface area contributed by atoms with Gasteiger partial charge in [0.1, 0.15) is 11.4 Å². The van der Waals surface area contributed by atoms with E-state index in [4.69, 9.17) is 22.1 Å². The van der Waals surface area contributed by atoms with Crippen LogP contribution in [-0.4, -0.2) is 28.3 Å². The molecule has 2 amide bonds. The van der Waals surface area contributed by atoms with Crippen LogP contribution in [0.25, 0.3) is 0 Å². The highest BCUT2D eigenvalue weighted by Gasteiger charge is 2.35. The number of primary amides is 1. The number of hydrogen-bond donors (Lipinski definition) is 1. The Labute approximate surface area is 196 Å². The maximum absolute atomic E-state index is 14.6. The van der Waals surface area contributed by atoms with Crippen LogP contribution in [0.2, 0.25) is 5.02 Å². The number of rotatable bonds is 7. The van der Waals surface area contributed by atoms with E-state index in [0.717, 1.165) is 0 Å². The van der Waals surface area contributed by atoms with Crippen LogP contribution in [0.5, 0.6) is 5.88 Å². The number of amides is 2. The summed E-state index contributed by atoms with van der Waals surface area (Å²) in [5.74, 6) is -1.10. The average Bonchev–Trinajstić information content (AvgIpc) is 3.21. The topological polar surface area (TPSA) is 85.5 Å². The van der Waals surface area contributed by atoms with E-state index >= 15 is 0 Å². The van der Waals surface area contributed by atoms with Crippen LogP contribution in [0.4, 0.5) is 4.39 Å². The van der Waals surface area contributed by atoms with Gasteiger partial charge in [0.05, 0.1) is 12.6 Å². The first kappa shape index (κ1) is 22.7. The second kappa shape index (κ2) is 9.58. The van der Waals surface area contributed by atoms with Crippen molar-refractivity contribution >= 4 is 23.4 Å². The lowest BCUT2D eigenvalue weighted by atomic mass is 10.0. The maximum atomic E-state index is 14.6. The normalized spacial score (nSPS) is 14.6. The summed E-state index contributed by atoms with van der Waals surface area (Å²) in [7, 11) is 0. The van der Waals surface area contributed by atoms with Gasteiger partial charge in [0.2, 0.25) is 11.8 Å². The zero-order valence-electron chi connectivity index (χ0n) is 18.1. The second-order valence-corrected chi connectivity index (χ2v) is 8.19. The summed E-state index contributed by atoms with van der Waals surface area (Å²) in [6, 6.07) is 12.7. The summed E-state index contributed by atoms with van der Waals surface area (Å²) < 4.78 is 20.2. The highest BCUT2D eigenvalue weighted by molar-refractivity contribution is 6.30. The fourth-order valence-corrected chi connectivity index (χ4v) is 4.52. The minimum atomic E-state index is -0.588. The minimum Gasteiger partial charge on any atom is -0.477 e. The predicted molar refractivity (Wildman–Crippen MR) is 123 cm³/mol. The van der Waals surface area contributed by atoms with Crippen LogP contribution in [0.1, 0.15) is 56.8 Å². The monoisotopic (exact) mass is 467 g/mol. The maximum Gasteiger partial charge on any atom is 0.260 e. The van der Waals surface area contributed by atoms with Gasteiger partial charge in [-0.1, -0.05) is 29.8 Å². The van der Waals surface area contributed by atoms with Gasteiger partial charge in [-0.3, -0.25) is 9.59 Å². The molecule has 1 atom stereocenters. The Hall–Kier alpha value is -3.45. The van der Waals surface area contributed by atoms with E-state index in [0.29, 0.717) is 41.7 Å². The number of hydrogen-bond acceptors (Lipinski definition) is 4. The van der Waals surface area contributed by atoms with E-state index in [1.165, 1.54) is 6.07 Å². The molecule has 4 rings (SSSR count). The van der Waals surface area contributed by atoms with Crippen LogP contribution in [0.15, 0.2) is 54.7 Å². The third-order valence-electron chi connectivity index (χ3n) is 5.76. The molecular formula is C25H23ClFN3O3. The molecule has 1 aliphatic rings. The Morgan fingerprint density at radius 3 is 2.73 bits per heavy atom. The zero-order chi connectivity index (χ0) is 23.5. The molecule has 0 bridgehead atoms. The fraction of sp³-hybridized carbons (Fsp3) is 0.240. The third kappa shape index (κ3) is 4.54. The van der Waals surface area contributed by atoms with Crippen LogP contribution in [0.3, 0.4) is 0 Å². The SMILES string of the molecule is CCOc1ncccc1C(=O)N(Cc1ccccc1C(N)=O)[C@@H]1CCc2c(F)cc(Cl)cc21. The molecule has 0 fully saturated rings. The standard InChI is InChI=1S/C25H23ClFN3O3/c1-2-33-24-19(8-5-11-29-24)25(32)30(14-15-6-3-4-7-17(15)23(28)31)22-10-9-18-20(22)12-16(26)13-21(18)27/h3-8,11-13,22H,2,9-10,14H2,1H3,(H2,28,31)/t22-/m1/s1. The van der Waals surface area contributed by atoms with Gasteiger partial charge in [-0.2, -0.15) is 0 Å². The van der Waals surface area contributed by atoms with Crippen molar-refractivity contribution in [2.45, 2.75) is 32.4 Å². The first-order chi connectivity index (χ1) is 15.9. The molecule has 170 valence electrons. The van der Waals surface area contributed by atoms with Gasteiger partial charge in [0.25, 0.3) is 5.91 Å². The largest absolute Gasteiger partial charge is 0.477 e. The summed E-state index contributed by atoms with van der Waals surface area (Å²) in [6.45, 7) is 2.24. The molecule has 6 nitrogen and oxygen atoms in total. The zero-order valence-corrected chi connectivity index (χ0v) is 18.8. The highest BCUT2D eigenvalue weighted by atomic mass is 35.5. The molecule has 1 aromatic heterocycles. The summed E-state index contributed by atoms with van der Waals surface area (Å²) >= 11 is 6.15. The Morgan fingerprint density at radius 2 is 1.97 bits per heavy atom. The number of pyridine rings is 1. The molecule has 0 unspecified atom stereocenters. The molecule has 8 heteroatoms. The molecular weight excluding hydrogens is 445 g/mol. The Morgan fingerprint density at radius 1 is 1.21 bits per heavy atom. The summed E-state index contributed by atoms with van der Waals surface area (Å²) in [5.41, 5.74) is 7.97. The lowest BCUT2D eigenvalue weighted by molar-refractivity contribution is 0.0651. The smallest absolute Gasteiger partial charge is 0.260 e. The first-order valence-corrected chi connectivity index (χ1v) is 11.0. The van der Waals surface area contributed by atoms with Crippen molar-refractivity contribution in [3.8, 4) is 5.88 Å². The quantitative estimate of drug-likeness (QED) is 0.545. The van der Waals surface area contributed by atoms with Gasteiger partial charge < -0.3 is 15.4 Å². The van der Waals surface area contributed by atoms with Crippen molar-refractivity contribution in [3.05, 3.63) is 93.4 Å². The van der Waals surface area contributed by atoms with E-state index in [1.54, 1.807) is 53.6 Å². The average molecular weight is 468 g/mol. The fourth-order valence-electron chi connectivity index (χ4n) is 4.31. The van der Waals surface area contributed by atoms with E-state index in [9.17, 15) is 14.0 Å². The molecule has 33 heavy (non-hydrogen) atoms. The molecule has 1 aliphatic carbocycles. The molecule has 2 aromatic carbocycles. The summed E-state index contributed by atoms with van der Waals surface area (Å²) in [4.78, 5) is 31.7. The highest BCUT2D eigenvalue weighted by Crippen LogP contribution is 2.40. The lowest BCUT2D eigenvalue weighted by Crippen LogP contribution is -2.35. The Balaban J connectivity index is 1.82. The Kier molecular flexibility index (Phi) is 6.60. The number of benzene rings is 2. The van der Waals surface area contributed by atoms with Gasteiger partial charge >= 0.3 is 0 Å². The van der Waals surface area contributed by atoms with E-state index in [1.807, 2.05) is 6.92 Å². The molecule has 0 saturated carbocycles. The van der Waals surface area contributed by atoms with Crippen LogP contribution in [-0.2, 0) is 13.0 Å². The van der Waals surface area contributed by atoms with Crippen molar-refractivity contribution in [2.75, 3.05) is 6.61 Å². The van der Waals surface area contributed by atoms with E-state index in [-0.39, 0.29) is 34.7 Å². The second-order valence-electron chi connectivity index (χ2n) is 7.75. The number of halogens is 2. The van der Waals surface area contributed by atoms with Crippen LogP contribution >= 0.6 is 11.6 Å². The first-order valence-electron chi connectivity index (χ1n) is 10.6. The van der Waals surface area contributed by atoms with Gasteiger partial charge in [0, 0.05) is 23.3 Å². The predicted octanol–water partition coefficient (Wildman–Crippen LogP) is 4.70. The van der Waals surface area contributed by atoms with Crippen LogP contribution < -0.4 is 10.5 Å². The van der Waals surface area contributed by atoms with Crippen molar-refractivity contribution in [2.24, 2.45) is 5.73 Å². The van der Waals surface area contributed by atoms with E-state index < -0.39 is 11.9 Å². The number of nitrogens with two attached hydrogens (primary N) is 1. The van der Waals surface area contributed by atoms with Crippen molar-refractivity contribution < 1.29 is 18.7 Å². The lowest BCUT2D eigenvalue weighted by Gasteiger charge is -2.31. The van der Waals surface area contributed by atoms with Gasteiger partial charge in [-0.05, 0) is 66.8 Å². The van der Waals surface area contributed by atoms with Crippen molar-refractivity contribution in [3.63, 3.8) is 0 Å². The minimum absolute atomic E-state index is 0.0939. The van der Waals surface area contributed by atoms with Gasteiger partial charge in [-0.15, -0.1) is 0 Å². The number of carbonyl (C=O) groups is 2. The number of aromatic nitrogens is 1. The molecule has 2 N–H and O–H groups in total. The Bertz CT molecular complexity index is 1220. The van der Waals surface area contributed by atoms with Crippen molar-refractivity contribution in [1.29, 1.82) is 0 Å². The van der Waals surface area contributed by atoms with Gasteiger partial charge in [-0.25, -0.2) is 9.37 Å². The third-order valence-corrected chi connectivity index (χ3v) is 5.98.